The van der Waals surface area contributed by atoms with Gasteiger partial charge in [-0.1, -0.05) is 24.4 Å². The lowest BCUT2D eigenvalue weighted by Crippen LogP contribution is -2.19. The van der Waals surface area contributed by atoms with Crippen LogP contribution in [0.4, 0.5) is 5.69 Å². The maximum absolute atomic E-state index is 11.6. The number of carbonyl (C=O) groups excluding carboxylic acids is 1. The maximum atomic E-state index is 11.6. The molecule has 1 aliphatic carbocycles. The fraction of sp³-hybridized carbons (Fsp3) is 0.533. The first-order valence-corrected chi connectivity index (χ1v) is 7.59. The maximum Gasteiger partial charge on any atom is 0.245 e. The number of ether oxygens (including phenoxy) is 1. The first kappa shape index (κ1) is 13.7. The van der Waals surface area contributed by atoms with Crippen LogP contribution in [0.5, 0.6) is 5.75 Å². The third-order valence-electron chi connectivity index (χ3n) is 4.08. The monoisotopic (exact) mass is 294 g/mol. The van der Waals surface area contributed by atoms with Crippen molar-refractivity contribution in [2.75, 3.05) is 5.32 Å². The van der Waals surface area contributed by atoms with Crippen LogP contribution in [-0.4, -0.2) is 12.0 Å². The van der Waals surface area contributed by atoms with Crippen LogP contribution in [-0.2, 0) is 4.79 Å². The van der Waals surface area contributed by atoms with Gasteiger partial charge in [-0.15, -0.1) is 0 Å². The molecular formula is C15H19ClN2O2. The van der Waals surface area contributed by atoms with Gasteiger partial charge in [0.15, 0.2) is 0 Å². The van der Waals surface area contributed by atoms with Crippen molar-refractivity contribution in [3.63, 3.8) is 0 Å². The predicted molar refractivity (Wildman–Crippen MR) is 79.1 cm³/mol. The van der Waals surface area contributed by atoms with Crippen molar-refractivity contribution in [2.45, 2.75) is 50.7 Å². The van der Waals surface area contributed by atoms with Crippen LogP contribution < -0.4 is 15.8 Å². The Morgan fingerprint density at radius 3 is 2.60 bits per heavy atom. The average Bonchev–Trinajstić information content (AvgIpc) is 2.63. The molecule has 1 unspecified atom stereocenters. The number of halogens is 1. The van der Waals surface area contributed by atoms with Gasteiger partial charge >= 0.3 is 0 Å². The summed E-state index contributed by atoms with van der Waals surface area (Å²) in [5.74, 6) is 0.453. The lowest BCUT2D eigenvalue weighted by molar-refractivity contribution is -0.116. The van der Waals surface area contributed by atoms with Gasteiger partial charge in [0, 0.05) is 17.3 Å². The summed E-state index contributed by atoms with van der Waals surface area (Å²) in [7, 11) is 0. The minimum Gasteiger partial charge on any atom is -0.489 e. The van der Waals surface area contributed by atoms with Gasteiger partial charge in [0.05, 0.1) is 11.1 Å². The molecule has 1 aromatic carbocycles. The molecule has 1 aromatic rings. The standard InChI is InChI=1S/C15H19ClN2O2/c16-11-7-10-12(18-15(19)14(10)17)8-13(11)20-9-5-3-1-2-4-6-9/h7-9,14H,1-6,17H2,(H,18,19). The Kier molecular flexibility index (Phi) is 3.85. The highest BCUT2D eigenvalue weighted by Gasteiger charge is 2.29. The fourth-order valence-corrected chi connectivity index (χ4v) is 3.13. The summed E-state index contributed by atoms with van der Waals surface area (Å²) in [5.41, 5.74) is 7.26. The minimum atomic E-state index is -0.630. The Morgan fingerprint density at radius 1 is 1.20 bits per heavy atom. The minimum absolute atomic E-state index is 0.192. The molecule has 0 radical (unpaired) electrons. The van der Waals surface area contributed by atoms with Gasteiger partial charge in [-0.05, 0) is 31.7 Å². The Hall–Kier alpha value is -1.26. The summed E-state index contributed by atoms with van der Waals surface area (Å²) in [6.07, 6.45) is 7.33. The molecule has 1 amide bonds. The molecule has 4 nitrogen and oxygen atoms in total. The van der Waals surface area contributed by atoms with Crippen LogP contribution in [0.2, 0.25) is 5.02 Å². The van der Waals surface area contributed by atoms with Crippen LogP contribution >= 0.6 is 11.6 Å². The summed E-state index contributed by atoms with van der Waals surface area (Å²) in [6.45, 7) is 0. The first-order valence-electron chi connectivity index (χ1n) is 7.21. The number of amides is 1. The van der Waals surface area contributed by atoms with Gasteiger partial charge in [0.1, 0.15) is 11.8 Å². The first-order chi connectivity index (χ1) is 9.65. The Morgan fingerprint density at radius 2 is 1.90 bits per heavy atom. The van der Waals surface area contributed by atoms with Gasteiger partial charge in [-0.2, -0.15) is 0 Å². The molecule has 3 rings (SSSR count). The zero-order valence-corrected chi connectivity index (χ0v) is 12.1. The molecule has 0 saturated heterocycles. The van der Waals surface area contributed by atoms with Gasteiger partial charge in [0.25, 0.3) is 0 Å². The molecule has 1 heterocycles. The van der Waals surface area contributed by atoms with E-state index in [1.807, 2.05) is 0 Å². The zero-order chi connectivity index (χ0) is 14.1. The van der Waals surface area contributed by atoms with Gasteiger partial charge < -0.3 is 15.8 Å². The van der Waals surface area contributed by atoms with Crippen molar-refractivity contribution < 1.29 is 9.53 Å². The number of anilines is 1. The second kappa shape index (κ2) is 5.62. The number of rotatable bonds is 2. The van der Waals surface area contributed by atoms with Gasteiger partial charge in [0.2, 0.25) is 5.91 Å². The number of nitrogens with two attached hydrogens (primary N) is 1. The molecule has 1 atom stereocenters. The molecule has 0 bridgehead atoms. The van der Waals surface area contributed by atoms with Crippen molar-refractivity contribution in [3.05, 3.63) is 22.7 Å². The quantitative estimate of drug-likeness (QED) is 0.822. The topological polar surface area (TPSA) is 64.4 Å². The molecule has 3 N–H and O–H groups in total. The SMILES string of the molecule is NC1C(=O)Nc2cc(OC3CCCCCC3)c(Cl)cc21. The summed E-state index contributed by atoms with van der Waals surface area (Å²) in [4.78, 5) is 11.6. The predicted octanol–water partition coefficient (Wildman–Crippen LogP) is 3.39. The van der Waals surface area contributed by atoms with Crippen LogP contribution in [0.3, 0.4) is 0 Å². The second-order valence-electron chi connectivity index (χ2n) is 5.57. The normalized spacial score (nSPS) is 23.1. The van der Waals surface area contributed by atoms with E-state index in [0.29, 0.717) is 10.8 Å². The Balaban J connectivity index is 1.80. The molecule has 1 fully saturated rings. The van der Waals surface area contributed by atoms with E-state index >= 15 is 0 Å². The molecule has 0 spiro atoms. The molecule has 2 aliphatic rings. The van der Waals surface area contributed by atoms with E-state index in [1.54, 1.807) is 12.1 Å². The summed E-state index contributed by atoms with van der Waals surface area (Å²) in [6, 6.07) is 2.91. The highest BCUT2D eigenvalue weighted by molar-refractivity contribution is 6.32. The smallest absolute Gasteiger partial charge is 0.245 e. The van der Waals surface area contributed by atoms with Crippen LogP contribution in [0.25, 0.3) is 0 Å². The van der Waals surface area contributed by atoms with E-state index in [2.05, 4.69) is 5.32 Å². The van der Waals surface area contributed by atoms with E-state index < -0.39 is 6.04 Å². The summed E-state index contributed by atoms with van der Waals surface area (Å²) < 4.78 is 6.04. The van der Waals surface area contributed by atoms with Crippen molar-refractivity contribution in [2.24, 2.45) is 5.73 Å². The van der Waals surface area contributed by atoms with Crippen LogP contribution in [0.15, 0.2) is 12.1 Å². The molecule has 1 saturated carbocycles. The molecule has 5 heteroatoms. The van der Waals surface area contributed by atoms with Crippen LogP contribution in [0, 0.1) is 0 Å². The highest BCUT2D eigenvalue weighted by Crippen LogP contribution is 2.38. The van der Waals surface area contributed by atoms with E-state index in [4.69, 9.17) is 22.1 Å². The molecular weight excluding hydrogens is 276 g/mol. The highest BCUT2D eigenvalue weighted by atomic mass is 35.5. The molecule has 108 valence electrons. The van der Waals surface area contributed by atoms with Crippen molar-refractivity contribution in [1.29, 1.82) is 0 Å². The van der Waals surface area contributed by atoms with Crippen molar-refractivity contribution in [3.8, 4) is 5.75 Å². The van der Waals surface area contributed by atoms with E-state index in [0.717, 1.165) is 24.1 Å². The molecule has 20 heavy (non-hydrogen) atoms. The van der Waals surface area contributed by atoms with Crippen LogP contribution in [0.1, 0.15) is 50.1 Å². The third-order valence-corrected chi connectivity index (χ3v) is 4.37. The number of hydrogen-bond acceptors (Lipinski definition) is 3. The number of carbonyl (C=O) groups is 1. The number of benzene rings is 1. The van der Waals surface area contributed by atoms with Crippen molar-refractivity contribution >= 4 is 23.2 Å². The van der Waals surface area contributed by atoms with E-state index in [9.17, 15) is 4.79 Å². The Bertz CT molecular complexity index is 525. The van der Waals surface area contributed by atoms with Crippen molar-refractivity contribution in [1.82, 2.24) is 0 Å². The number of hydrogen-bond donors (Lipinski definition) is 2. The van der Waals surface area contributed by atoms with Gasteiger partial charge in [-0.3, -0.25) is 4.79 Å². The zero-order valence-electron chi connectivity index (χ0n) is 11.3. The fourth-order valence-electron chi connectivity index (χ4n) is 2.92. The Labute approximate surface area is 123 Å². The lowest BCUT2D eigenvalue weighted by atomic mass is 10.1. The number of fused-ring (bicyclic) bond motifs is 1. The molecule has 1 aliphatic heterocycles. The second-order valence-corrected chi connectivity index (χ2v) is 5.98. The number of nitrogens with one attached hydrogen (secondary N) is 1. The largest absolute Gasteiger partial charge is 0.489 e. The van der Waals surface area contributed by atoms with E-state index in [-0.39, 0.29) is 12.0 Å². The lowest BCUT2D eigenvalue weighted by Gasteiger charge is -2.18. The summed E-state index contributed by atoms with van der Waals surface area (Å²) in [5, 5.41) is 3.29. The average molecular weight is 295 g/mol. The third kappa shape index (κ3) is 2.63. The summed E-state index contributed by atoms with van der Waals surface area (Å²) >= 11 is 6.26. The van der Waals surface area contributed by atoms with Gasteiger partial charge in [-0.25, -0.2) is 0 Å². The molecule has 0 aromatic heterocycles. The van der Waals surface area contributed by atoms with E-state index in [1.165, 1.54) is 25.7 Å².